The molecule has 0 unspecified atom stereocenters. The topological polar surface area (TPSA) is 60.9 Å². The number of hydrogen-bond acceptors (Lipinski definition) is 5. The minimum atomic E-state index is -4.41. The number of piperazine rings is 1. The number of nitrogens with zero attached hydrogens (tertiary/aromatic N) is 3. The highest BCUT2D eigenvalue weighted by Crippen LogP contribution is 2.32. The van der Waals surface area contributed by atoms with Crippen molar-refractivity contribution >= 4 is 39.1 Å². The predicted molar refractivity (Wildman–Crippen MR) is 140 cm³/mol. The number of anilines is 2. The van der Waals surface area contributed by atoms with Gasteiger partial charge in [0.15, 0.2) is 0 Å². The van der Waals surface area contributed by atoms with E-state index in [-0.39, 0.29) is 10.8 Å². The van der Waals surface area contributed by atoms with Crippen LogP contribution in [0.5, 0.6) is 0 Å². The Kier molecular flexibility index (Phi) is 7.75. The summed E-state index contributed by atoms with van der Waals surface area (Å²) in [5.74, 6) is -0.214. The van der Waals surface area contributed by atoms with Crippen molar-refractivity contribution in [3.63, 3.8) is 0 Å². The van der Waals surface area contributed by atoms with Crippen LogP contribution in [-0.2, 0) is 16.2 Å². The molecule has 0 atom stereocenters. The Morgan fingerprint density at radius 2 is 1.54 bits per heavy atom. The molecule has 1 aliphatic heterocycles. The van der Waals surface area contributed by atoms with Crippen molar-refractivity contribution in [2.45, 2.75) is 16.0 Å². The Morgan fingerprint density at radius 1 is 0.919 bits per heavy atom. The van der Waals surface area contributed by atoms with E-state index in [0.29, 0.717) is 43.1 Å². The molecule has 0 radical (unpaired) electrons. The van der Waals surface area contributed by atoms with Gasteiger partial charge in [-0.05, 0) is 73.0 Å². The summed E-state index contributed by atoms with van der Waals surface area (Å²) in [7, 11) is -2.30. The Morgan fingerprint density at radius 3 is 2.11 bits per heavy atom. The van der Waals surface area contributed by atoms with E-state index in [0.717, 1.165) is 17.0 Å². The molecule has 1 aliphatic rings. The zero-order valence-electron chi connectivity index (χ0n) is 20.3. The molecule has 196 valence electrons. The molecule has 37 heavy (non-hydrogen) atoms. The lowest BCUT2D eigenvalue weighted by molar-refractivity contribution is -0.137. The summed E-state index contributed by atoms with van der Waals surface area (Å²) in [4.78, 5) is 17.6. The van der Waals surface area contributed by atoms with Gasteiger partial charge in [0.1, 0.15) is 0 Å². The second-order valence-electron chi connectivity index (χ2n) is 8.52. The number of thioether (sulfide) groups is 1. The van der Waals surface area contributed by atoms with E-state index >= 15 is 0 Å². The van der Waals surface area contributed by atoms with Gasteiger partial charge < -0.3 is 9.80 Å². The summed E-state index contributed by atoms with van der Waals surface area (Å²) in [6.07, 6.45) is -2.50. The van der Waals surface area contributed by atoms with E-state index in [2.05, 4.69) is 0 Å². The smallest absolute Gasteiger partial charge is 0.368 e. The molecule has 0 aliphatic carbocycles. The fraction of sp³-hybridized carbons (Fsp3) is 0.269. The number of amides is 1. The number of benzene rings is 3. The second kappa shape index (κ2) is 10.7. The van der Waals surface area contributed by atoms with Gasteiger partial charge in [-0.3, -0.25) is 9.10 Å². The Bertz CT molecular complexity index is 1350. The van der Waals surface area contributed by atoms with Crippen molar-refractivity contribution in [2.75, 3.05) is 48.7 Å². The lowest BCUT2D eigenvalue weighted by Gasteiger charge is -2.36. The molecular formula is C26H26F3N3O3S2. The normalized spacial score (nSPS) is 14.5. The number of alkyl halides is 3. The fourth-order valence-corrected chi connectivity index (χ4v) is 5.69. The highest BCUT2D eigenvalue weighted by Gasteiger charge is 2.31. The molecule has 1 heterocycles. The summed E-state index contributed by atoms with van der Waals surface area (Å²) in [5.41, 5.74) is 0.595. The molecule has 4 rings (SSSR count). The van der Waals surface area contributed by atoms with E-state index in [9.17, 15) is 26.4 Å². The molecule has 0 aromatic heterocycles. The van der Waals surface area contributed by atoms with Gasteiger partial charge in [0.2, 0.25) is 0 Å². The van der Waals surface area contributed by atoms with Gasteiger partial charge >= 0.3 is 6.18 Å². The first-order valence-electron chi connectivity index (χ1n) is 11.5. The van der Waals surface area contributed by atoms with Gasteiger partial charge in [-0.1, -0.05) is 6.07 Å². The van der Waals surface area contributed by atoms with E-state index < -0.39 is 21.8 Å². The van der Waals surface area contributed by atoms with Gasteiger partial charge in [0.25, 0.3) is 15.9 Å². The van der Waals surface area contributed by atoms with Crippen LogP contribution in [-0.4, -0.2) is 58.7 Å². The van der Waals surface area contributed by atoms with Crippen molar-refractivity contribution in [1.82, 2.24) is 4.90 Å². The van der Waals surface area contributed by atoms with Crippen molar-refractivity contribution in [3.05, 3.63) is 83.9 Å². The van der Waals surface area contributed by atoms with Crippen LogP contribution in [0, 0.1) is 0 Å². The maximum absolute atomic E-state index is 13.0. The van der Waals surface area contributed by atoms with E-state index in [1.54, 1.807) is 59.5 Å². The van der Waals surface area contributed by atoms with Gasteiger partial charge in [-0.15, -0.1) is 11.8 Å². The van der Waals surface area contributed by atoms with Crippen molar-refractivity contribution < 1.29 is 26.4 Å². The number of rotatable bonds is 6. The minimum Gasteiger partial charge on any atom is -0.368 e. The van der Waals surface area contributed by atoms with Crippen LogP contribution in [0.1, 0.15) is 15.9 Å². The van der Waals surface area contributed by atoms with Crippen LogP contribution in [0.3, 0.4) is 0 Å². The summed E-state index contributed by atoms with van der Waals surface area (Å²) in [6, 6.07) is 18.1. The first-order valence-corrected chi connectivity index (χ1v) is 14.1. The number of carbonyl (C=O) groups is 1. The monoisotopic (exact) mass is 549 g/mol. The predicted octanol–water partition coefficient (Wildman–Crippen LogP) is 5.21. The standard InChI is InChI=1S/C26H26F3N3O3S2/c1-30(37(34,35)24-12-10-23(36-2)11-13-24)21-8-6-19(7-9-21)25(33)32-16-14-31(15-17-32)22-5-3-4-20(18-22)26(27,28)29/h3-13,18H,14-17H2,1-2H3. The number of carbonyl (C=O) groups excluding carboxylic acids is 1. The molecule has 0 N–H and O–H groups in total. The second-order valence-corrected chi connectivity index (χ2v) is 11.4. The average Bonchev–Trinajstić information content (AvgIpc) is 2.92. The van der Waals surface area contributed by atoms with Crippen LogP contribution in [0.25, 0.3) is 0 Å². The van der Waals surface area contributed by atoms with Crippen LogP contribution in [0.15, 0.2) is 82.6 Å². The van der Waals surface area contributed by atoms with Crippen LogP contribution < -0.4 is 9.21 Å². The van der Waals surface area contributed by atoms with Crippen molar-refractivity contribution in [1.29, 1.82) is 0 Å². The maximum atomic E-state index is 13.0. The summed E-state index contributed by atoms with van der Waals surface area (Å²) >= 11 is 1.52. The van der Waals surface area contributed by atoms with E-state index in [1.807, 2.05) is 11.2 Å². The first kappa shape index (κ1) is 26.9. The molecule has 6 nitrogen and oxygen atoms in total. The molecule has 0 saturated carbocycles. The molecule has 11 heteroatoms. The lowest BCUT2D eigenvalue weighted by Crippen LogP contribution is -2.48. The SMILES string of the molecule is CSc1ccc(S(=O)(=O)N(C)c2ccc(C(=O)N3CCN(c4cccc(C(F)(F)F)c4)CC3)cc2)cc1. The van der Waals surface area contributed by atoms with Gasteiger partial charge in [0.05, 0.1) is 16.1 Å². The van der Waals surface area contributed by atoms with Gasteiger partial charge in [-0.25, -0.2) is 8.42 Å². The largest absolute Gasteiger partial charge is 0.416 e. The molecular weight excluding hydrogens is 523 g/mol. The number of halogens is 3. The zero-order valence-corrected chi connectivity index (χ0v) is 21.9. The summed E-state index contributed by atoms with van der Waals surface area (Å²) in [6.45, 7) is 1.52. The fourth-order valence-electron chi connectivity index (χ4n) is 4.09. The van der Waals surface area contributed by atoms with Crippen molar-refractivity contribution in [3.8, 4) is 0 Å². The zero-order chi connectivity index (χ0) is 26.8. The Labute approximate surface area is 218 Å². The molecule has 1 saturated heterocycles. The third-order valence-corrected chi connectivity index (χ3v) is 8.84. The van der Waals surface area contributed by atoms with E-state index in [4.69, 9.17) is 0 Å². The molecule has 3 aromatic rings. The van der Waals surface area contributed by atoms with Crippen molar-refractivity contribution in [2.24, 2.45) is 0 Å². The maximum Gasteiger partial charge on any atom is 0.416 e. The summed E-state index contributed by atoms with van der Waals surface area (Å²) in [5, 5.41) is 0. The van der Waals surface area contributed by atoms with Gasteiger partial charge in [0, 0.05) is 49.4 Å². The van der Waals surface area contributed by atoms with Crippen LogP contribution >= 0.6 is 11.8 Å². The molecule has 1 amide bonds. The lowest BCUT2D eigenvalue weighted by atomic mass is 10.1. The Balaban J connectivity index is 1.40. The highest BCUT2D eigenvalue weighted by molar-refractivity contribution is 7.98. The highest BCUT2D eigenvalue weighted by atomic mass is 32.2. The molecule has 0 spiro atoms. The third kappa shape index (κ3) is 5.88. The average molecular weight is 550 g/mol. The molecule has 3 aromatic carbocycles. The van der Waals surface area contributed by atoms with Gasteiger partial charge in [-0.2, -0.15) is 13.2 Å². The van der Waals surface area contributed by atoms with Crippen LogP contribution in [0.4, 0.5) is 24.5 Å². The quantitative estimate of drug-likeness (QED) is 0.395. The van der Waals surface area contributed by atoms with E-state index in [1.165, 1.54) is 29.2 Å². The molecule has 1 fully saturated rings. The first-order chi connectivity index (χ1) is 17.5. The number of sulfonamides is 1. The third-order valence-electron chi connectivity index (χ3n) is 6.30. The summed E-state index contributed by atoms with van der Waals surface area (Å²) < 4.78 is 66.3. The minimum absolute atomic E-state index is 0.173. The molecule has 0 bridgehead atoms. The van der Waals surface area contributed by atoms with Crippen LogP contribution in [0.2, 0.25) is 0 Å². The number of hydrogen-bond donors (Lipinski definition) is 0. The Hall–Kier alpha value is -3.18.